The van der Waals surface area contributed by atoms with Crippen LogP contribution in [0.2, 0.25) is 0 Å². The lowest BCUT2D eigenvalue weighted by Crippen LogP contribution is -2.48. The fourth-order valence-corrected chi connectivity index (χ4v) is 3.62. The van der Waals surface area contributed by atoms with Gasteiger partial charge in [-0.15, -0.1) is 0 Å². The molecule has 2 aliphatic rings. The number of aliphatic hydroxyl groups excluding tert-OH is 1. The molecule has 0 bridgehead atoms. The van der Waals surface area contributed by atoms with Gasteiger partial charge in [0.05, 0.1) is 12.0 Å². The number of carbonyl (C=O) groups is 1. The Morgan fingerprint density at radius 3 is 2.18 bits per heavy atom. The first kappa shape index (κ1) is 12.8. The molecule has 1 heterocycles. The van der Waals surface area contributed by atoms with Gasteiger partial charge in [0.25, 0.3) is 0 Å². The Kier molecular flexibility index (Phi) is 3.73. The van der Waals surface area contributed by atoms with E-state index in [1.807, 2.05) is 0 Å². The molecular formula is C13H23NO3. The van der Waals surface area contributed by atoms with Gasteiger partial charge < -0.3 is 10.2 Å². The van der Waals surface area contributed by atoms with Crippen molar-refractivity contribution in [1.29, 1.82) is 0 Å². The van der Waals surface area contributed by atoms with Crippen LogP contribution in [-0.4, -0.2) is 45.3 Å². The molecule has 98 valence electrons. The van der Waals surface area contributed by atoms with Crippen LogP contribution in [-0.2, 0) is 4.79 Å². The lowest BCUT2D eigenvalue weighted by atomic mass is 9.82. The van der Waals surface area contributed by atoms with E-state index in [1.54, 1.807) is 0 Å². The summed E-state index contributed by atoms with van der Waals surface area (Å²) in [6.45, 7) is 4.47. The zero-order valence-electron chi connectivity index (χ0n) is 10.7. The SMILES string of the molecule is CC1CCC(C)N1C1CCC(C(=O)O)C(O)C1. The molecule has 2 N–H and O–H groups in total. The molecule has 0 spiro atoms. The topological polar surface area (TPSA) is 60.8 Å². The second-order valence-corrected chi connectivity index (χ2v) is 5.70. The predicted molar refractivity (Wildman–Crippen MR) is 64.8 cm³/mol. The van der Waals surface area contributed by atoms with Crippen LogP contribution in [0.5, 0.6) is 0 Å². The summed E-state index contributed by atoms with van der Waals surface area (Å²) in [5.41, 5.74) is 0. The summed E-state index contributed by atoms with van der Waals surface area (Å²) in [6, 6.07) is 1.51. The Hall–Kier alpha value is -0.610. The second kappa shape index (κ2) is 4.94. The highest BCUT2D eigenvalue weighted by atomic mass is 16.4. The molecule has 1 aliphatic carbocycles. The van der Waals surface area contributed by atoms with Gasteiger partial charge in [-0.3, -0.25) is 9.69 Å². The van der Waals surface area contributed by atoms with E-state index in [9.17, 15) is 9.90 Å². The van der Waals surface area contributed by atoms with Gasteiger partial charge in [-0.25, -0.2) is 0 Å². The van der Waals surface area contributed by atoms with Crippen LogP contribution in [0.1, 0.15) is 46.0 Å². The van der Waals surface area contributed by atoms with Crippen molar-refractivity contribution in [2.24, 2.45) is 5.92 Å². The van der Waals surface area contributed by atoms with Crippen LogP contribution < -0.4 is 0 Å². The third-order valence-electron chi connectivity index (χ3n) is 4.55. The van der Waals surface area contributed by atoms with Crippen LogP contribution in [0.4, 0.5) is 0 Å². The van der Waals surface area contributed by atoms with E-state index < -0.39 is 18.0 Å². The number of aliphatic carboxylic acids is 1. The minimum atomic E-state index is -0.849. The molecule has 1 saturated carbocycles. The van der Waals surface area contributed by atoms with Gasteiger partial charge in [-0.2, -0.15) is 0 Å². The van der Waals surface area contributed by atoms with Gasteiger partial charge >= 0.3 is 5.97 Å². The third kappa shape index (κ3) is 2.47. The van der Waals surface area contributed by atoms with Crippen LogP contribution in [0.15, 0.2) is 0 Å². The lowest BCUT2D eigenvalue weighted by Gasteiger charge is -2.40. The molecule has 5 unspecified atom stereocenters. The number of aliphatic hydroxyl groups is 1. The average molecular weight is 241 g/mol. The van der Waals surface area contributed by atoms with Gasteiger partial charge in [0.15, 0.2) is 0 Å². The standard InChI is InChI=1S/C13H23NO3/c1-8-3-4-9(2)14(8)10-5-6-11(13(16)17)12(15)7-10/h8-12,15H,3-7H2,1-2H3,(H,16,17). The highest BCUT2D eigenvalue weighted by Gasteiger charge is 2.40. The fraction of sp³-hybridized carbons (Fsp3) is 0.923. The van der Waals surface area contributed by atoms with E-state index in [4.69, 9.17) is 5.11 Å². The van der Waals surface area contributed by atoms with E-state index >= 15 is 0 Å². The molecule has 4 heteroatoms. The summed E-state index contributed by atoms with van der Waals surface area (Å²) >= 11 is 0. The minimum Gasteiger partial charge on any atom is -0.481 e. The molecule has 0 aromatic heterocycles. The highest BCUT2D eigenvalue weighted by Crippen LogP contribution is 2.34. The molecule has 17 heavy (non-hydrogen) atoms. The van der Waals surface area contributed by atoms with Crippen LogP contribution >= 0.6 is 0 Å². The Morgan fingerprint density at radius 2 is 1.71 bits per heavy atom. The fourth-order valence-electron chi connectivity index (χ4n) is 3.62. The van der Waals surface area contributed by atoms with Crippen LogP contribution in [0, 0.1) is 5.92 Å². The van der Waals surface area contributed by atoms with Crippen molar-refractivity contribution in [3.05, 3.63) is 0 Å². The van der Waals surface area contributed by atoms with Gasteiger partial charge in [-0.05, 0) is 46.0 Å². The number of carboxylic acid groups (broad SMARTS) is 1. The second-order valence-electron chi connectivity index (χ2n) is 5.70. The van der Waals surface area contributed by atoms with E-state index in [2.05, 4.69) is 18.7 Å². The molecule has 1 aliphatic heterocycles. The highest BCUT2D eigenvalue weighted by molar-refractivity contribution is 5.70. The van der Waals surface area contributed by atoms with Crippen molar-refractivity contribution >= 4 is 5.97 Å². The molecule has 0 amide bonds. The summed E-state index contributed by atoms with van der Waals surface area (Å²) in [5, 5.41) is 18.9. The Morgan fingerprint density at radius 1 is 1.12 bits per heavy atom. The van der Waals surface area contributed by atoms with E-state index in [1.165, 1.54) is 12.8 Å². The van der Waals surface area contributed by atoms with Gasteiger partial charge in [0.1, 0.15) is 0 Å². The van der Waals surface area contributed by atoms with E-state index in [0.717, 1.165) is 6.42 Å². The molecule has 2 fully saturated rings. The Bertz CT molecular complexity index is 284. The van der Waals surface area contributed by atoms with Crippen molar-refractivity contribution in [1.82, 2.24) is 4.90 Å². The van der Waals surface area contributed by atoms with Gasteiger partial charge in [0, 0.05) is 18.1 Å². The summed E-state index contributed by atoms with van der Waals surface area (Å²) in [6.07, 6.45) is 3.89. The monoisotopic (exact) mass is 241 g/mol. The number of likely N-dealkylation sites (tertiary alicyclic amines) is 1. The minimum absolute atomic E-state index is 0.369. The normalized spacial score (nSPS) is 43.8. The van der Waals surface area contributed by atoms with E-state index in [0.29, 0.717) is 31.0 Å². The molecular weight excluding hydrogens is 218 g/mol. The number of hydrogen-bond acceptors (Lipinski definition) is 3. The maximum absolute atomic E-state index is 10.9. The lowest BCUT2D eigenvalue weighted by molar-refractivity contribution is -0.148. The zero-order chi connectivity index (χ0) is 12.6. The molecule has 5 atom stereocenters. The maximum Gasteiger partial charge on any atom is 0.309 e. The van der Waals surface area contributed by atoms with Crippen molar-refractivity contribution in [3.63, 3.8) is 0 Å². The largest absolute Gasteiger partial charge is 0.481 e. The summed E-state index contributed by atoms with van der Waals surface area (Å²) in [5.74, 6) is -1.40. The van der Waals surface area contributed by atoms with E-state index in [-0.39, 0.29) is 0 Å². The number of carboxylic acids is 1. The first-order chi connectivity index (χ1) is 8.00. The first-order valence-corrected chi connectivity index (χ1v) is 6.69. The average Bonchev–Trinajstić information content (AvgIpc) is 2.58. The third-order valence-corrected chi connectivity index (χ3v) is 4.55. The first-order valence-electron chi connectivity index (χ1n) is 6.69. The number of hydrogen-bond donors (Lipinski definition) is 2. The molecule has 1 saturated heterocycles. The summed E-state index contributed by atoms with van der Waals surface area (Å²) in [4.78, 5) is 13.4. The van der Waals surface area contributed by atoms with Crippen LogP contribution in [0.25, 0.3) is 0 Å². The Labute approximate surface area is 103 Å². The predicted octanol–water partition coefficient (Wildman–Crippen LogP) is 1.47. The van der Waals surface area contributed by atoms with Crippen molar-refractivity contribution in [2.75, 3.05) is 0 Å². The molecule has 0 aromatic carbocycles. The maximum atomic E-state index is 10.9. The molecule has 0 radical (unpaired) electrons. The summed E-state index contributed by atoms with van der Waals surface area (Å²) in [7, 11) is 0. The van der Waals surface area contributed by atoms with Crippen molar-refractivity contribution in [3.8, 4) is 0 Å². The molecule has 4 nitrogen and oxygen atoms in total. The molecule has 0 aromatic rings. The quantitative estimate of drug-likeness (QED) is 0.768. The number of rotatable bonds is 2. The molecule has 2 rings (SSSR count). The smallest absolute Gasteiger partial charge is 0.309 e. The van der Waals surface area contributed by atoms with Crippen molar-refractivity contribution < 1.29 is 15.0 Å². The zero-order valence-corrected chi connectivity index (χ0v) is 10.7. The van der Waals surface area contributed by atoms with Crippen molar-refractivity contribution in [2.45, 2.75) is 70.2 Å². The summed E-state index contributed by atoms with van der Waals surface area (Å²) < 4.78 is 0. The van der Waals surface area contributed by atoms with Crippen LogP contribution in [0.3, 0.4) is 0 Å². The van der Waals surface area contributed by atoms with Gasteiger partial charge in [0.2, 0.25) is 0 Å². The Balaban J connectivity index is 1.99. The van der Waals surface area contributed by atoms with Gasteiger partial charge in [-0.1, -0.05) is 0 Å². The number of nitrogens with zero attached hydrogens (tertiary/aromatic N) is 1.